The van der Waals surface area contributed by atoms with E-state index in [0.717, 1.165) is 34.6 Å². The number of anilines is 2. The Labute approximate surface area is 179 Å². The molecule has 166 valence electrons. The molecule has 3 aliphatic heterocycles. The second-order valence-corrected chi connectivity index (χ2v) is 9.37. The topological polar surface area (TPSA) is 36.1 Å². The predicted octanol–water partition coefficient (Wildman–Crippen LogP) is 5.31. The summed E-state index contributed by atoms with van der Waals surface area (Å²) >= 11 is 0.872. The molecular weight excluding hydrogens is 440 g/mol. The maximum atomic E-state index is 14.1. The summed E-state index contributed by atoms with van der Waals surface area (Å²) in [5.74, 6) is -4.17. The van der Waals surface area contributed by atoms with Crippen LogP contribution in [0, 0.1) is 17.5 Å². The van der Waals surface area contributed by atoms with Gasteiger partial charge in [-0.05, 0) is 41.7 Å². The van der Waals surface area contributed by atoms with E-state index in [-0.39, 0.29) is 29.4 Å². The van der Waals surface area contributed by atoms with E-state index in [1.165, 1.54) is 0 Å². The van der Waals surface area contributed by atoms with Gasteiger partial charge >= 0.3 is 6.18 Å². The molecule has 0 bridgehead atoms. The molecule has 2 aromatic rings. The fourth-order valence-electron chi connectivity index (χ4n) is 4.81. The van der Waals surface area contributed by atoms with E-state index in [9.17, 15) is 26.3 Å². The Morgan fingerprint density at radius 2 is 1.81 bits per heavy atom. The average Bonchev–Trinajstić information content (AvgIpc) is 3.39. The largest absolute Gasteiger partial charge is 0.413 e. The summed E-state index contributed by atoms with van der Waals surface area (Å²) in [5.41, 5.74) is 3.07. The number of nitrogens with one attached hydrogen (secondary N) is 3. The van der Waals surface area contributed by atoms with E-state index < -0.39 is 29.0 Å². The Kier molecular flexibility index (Phi) is 5.04. The molecule has 3 heterocycles. The highest BCUT2D eigenvalue weighted by molar-refractivity contribution is 8.00. The Morgan fingerprint density at radius 3 is 2.55 bits per heavy atom. The molecule has 4 unspecified atom stereocenters. The van der Waals surface area contributed by atoms with Crippen LogP contribution in [-0.4, -0.2) is 30.7 Å². The molecule has 0 spiro atoms. The summed E-state index contributed by atoms with van der Waals surface area (Å²) in [6.45, 7) is 0.580. The van der Waals surface area contributed by atoms with Gasteiger partial charge in [-0.3, -0.25) is 5.32 Å². The Morgan fingerprint density at radius 1 is 1.00 bits per heavy atom. The molecule has 31 heavy (non-hydrogen) atoms. The number of alkyl halides is 3. The smallest absolute Gasteiger partial charge is 0.382 e. The quantitative estimate of drug-likeness (QED) is 0.421. The van der Waals surface area contributed by atoms with Crippen molar-refractivity contribution in [1.82, 2.24) is 5.32 Å². The molecule has 0 aliphatic carbocycles. The van der Waals surface area contributed by atoms with Gasteiger partial charge in [-0.2, -0.15) is 13.2 Å². The van der Waals surface area contributed by atoms with Gasteiger partial charge in [-0.15, -0.1) is 11.8 Å². The van der Waals surface area contributed by atoms with Crippen molar-refractivity contribution < 1.29 is 26.3 Å². The Bertz CT molecular complexity index is 1030. The third kappa shape index (κ3) is 3.53. The van der Waals surface area contributed by atoms with Crippen LogP contribution in [-0.2, 0) is 6.42 Å². The zero-order valence-electron chi connectivity index (χ0n) is 16.1. The lowest BCUT2D eigenvalue weighted by molar-refractivity contribution is -0.132. The van der Waals surface area contributed by atoms with Crippen molar-refractivity contribution in [3.63, 3.8) is 0 Å². The summed E-state index contributed by atoms with van der Waals surface area (Å²) in [7, 11) is 0. The van der Waals surface area contributed by atoms with Crippen LogP contribution in [0.3, 0.4) is 0 Å². The molecule has 0 aromatic heterocycles. The number of thioether (sulfide) groups is 1. The zero-order valence-corrected chi connectivity index (χ0v) is 16.9. The minimum atomic E-state index is -4.30. The highest BCUT2D eigenvalue weighted by Gasteiger charge is 2.46. The summed E-state index contributed by atoms with van der Waals surface area (Å²) in [4.78, 5) is 0. The third-order valence-corrected chi connectivity index (χ3v) is 7.72. The molecular formula is C21H19F6N3S. The van der Waals surface area contributed by atoms with Crippen LogP contribution in [0.5, 0.6) is 0 Å². The Hall–Kier alpha value is -2.07. The number of halogens is 6. The van der Waals surface area contributed by atoms with E-state index in [0.29, 0.717) is 24.9 Å². The van der Waals surface area contributed by atoms with Crippen molar-refractivity contribution in [3.8, 4) is 0 Å². The second kappa shape index (κ2) is 7.51. The van der Waals surface area contributed by atoms with Gasteiger partial charge < -0.3 is 10.6 Å². The van der Waals surface area contributed by atoms with E-state index in [4.69, 9.17) is 0 Å². The van der Waals surface area contributed by atoms with Crippen molar-refractivity contribution in [3.05, 3.63) is 58.4 Å². The highest BCUT2D eigenvalue weighted by atomic mass is 32.2. The zero-order chi connectivity index (χ0) is 21.9. The summed E-state index contributed by atoms with van der Waals surface area (Å²) < 4.78 is 80.6. The predicted molar refractivity (Wildman–Crippen MR) is 108 cm³/mol. The van der Waals surface area contributed by atoms with Crippen LogP contribution >= 0.6 is 11.8 Å². The van der Waals surface area contributed by atoms with E-state index in [1.807, 2.05) is 12.1 Å². The lowest BCUT2D eigenvalue weighted by Crippen LogP contribution is -2.35. The van der Waals surface area contributed by atoms with Crippen molar-refractivity contribution in [2.45, 2.75) is 41.6 Å². The van der Waals surface area contributed by atoms with Gasteiger partial charge in [-0.1, -0.05) is 12.1 Å². The monoisotopic (exact) mass is 459 g/mol. The van der Waals surface area contributed by atoms with Gasteiger partial charge in [-0.25, -0.2) is 13.2 Å². The van der Waals surface area contributed by atoms with Crippen molar-refractivity contribution in [1.29, 1.82) is 0 Å². The summed E-state index contributed by atoms with van der Waals surface area (Å²) in [5, 5.41) is 6.91. The van der Waals surface area contributed by atoms with Gasteiger partial charge in [0.05, 0.1) is 5.69 Å². The average molecular weight is 459 g/mol. The van der Waals surface area contributed by atoms with E-state index in [2.05, 4.69) is 16.0 Å². The lowest BCUT2D eigenvalue weighted by atomic mass is 9.84. The van der Waals surface area contributed by atoms with Gasteiger partial charge in [0, 0.05) is 36.0 Å². The number of hydrogen-bond donors (Lipinski definition) is 3. The molecule has 3 aliphatic rings. The van der Waals surface area contributed by atoms with Crippen LogP contribution in [0.4, 0.5) is 37.7 Å². The second-order valence-electron chi connectivity index (χ2n) is 8.06. The first-order valence-corrected chi connectivity index (χ1v) is 10.9. The van der Waals surface area contributed by atoms with Crippen molar-refractivity contribution in [2.75, 3.05) is 23.7 Å². The lowest BCUT2D eigenvalue weighted by Gasteiger charge is -2.33. The van der Waals surface area contributed by atoms with Crippen molar-refractivity contribution in [2.24, 2.45) is 0 Å². The third-order valence-electron chi connectivity index (χ3n) is 6.27. The molecule has 0 radical (unpaired) electrons. The molecule has 3 nitrogen and oxygen atoms in total. The molecule has 3 N–H and O–H groups in total. The van der Waals surface area contributed by atoms with Crippen LogP contribution in [0.15, 0.2) is 24.3 Å². The number of fused-ring (bicyclic) bond motifs is 2. The number of hydrogen-bond acceptors (Lipinski definition) is 4. The normalized spacial score (nSPS) is 27.4. The van der Waals surface area contributed by atoms with Gasteiger partial charge in [0.25, 0.3) is 0 Å². The fourth-order valence-corrected chi connectivity index (χ4v) is 6.05. The first-order chi connectivity index (χ1) is 14.7. The number of benzene rings is 2. The molecule has 5 rings (SSSR count). The summed E-state index contributed by atoms with van der Waals surface area (Å²) in [6.07, 6.45) is -3.02. The molecule has 0 amide bonds. The minimum Gasteiger partial charge on any atom is -0.382 e. The Balaban J connectivity index is 1.39. The number of rotatable bonds is 2. The van der Waals surface area contributed by atoms with Gasteiger partial charge in [0.2, 0.25) is 0 Å². The molecule has 1 fully saturated rings. The molecule has 1 saturated heterocycles. The summed E-state index contributed by atoms with van der Waals surface area (Å²) in [6, 6.07) is 6.44. The molecule has 2 aromatic carbocycles. The van der Waals surface area contributed by atoms with Crippen LogP contribution in [0.2, 0.25) is 0 Å². The molecule has 0 saturated carbocycles. The van der Waals surface area contributed by atoms with E-state index in [1.54, 1.807) is 6.07 Å². The first kappa shape index (κ1) is 20.8. The minimum absolute atomic E-state index is 0.00290. The van der Waals surface area contributed by atoms with Gasteiger partial charge in [0.15, 0.2) is 22.8 Å². The van der Waals surface area contributed by atoms with Crippen molar-refractivity contribution >= 4 is 23.1 Å². The molecule has 4 atom stereocenters. The van der Waals surface area contributed by atoms with Crippen LogP contribution in [0.25, 0.3) is 0 Å². The van der Waals surface area contributed by atoms with Crippen LogP contribution < -0.4 is 16.0 Å². The maximum Gasteiger partial charge on any atom is 0.413 e. The standard InChI is InChI=1S/C21H19F6N3S/c22-13-6-11-12(7-28-19(11)18(24)17(13)23)15-5-4-9-10(2-1-3-14(9)30-15)16-8-29-20(31-16)21(25,26)27/h1-3,6,12,15-16,20,28-30H,4-5,7-8H2. The first-order valence-electron chi connectivity index (χ1n) is 9.99. The van der Waals surface area contributed by atoms with Crippen LogP contribution in [0.1, 0.15) is 34.3 Å². The molecule has 10 heteroatoms. The highest BCUT2D eigenvalue weighted by Crippen LogP contribution is 2.47. The maximum absolute atomic E-state index is 14.1. The van der Waals surface area contributed by atoms with Gasteiger partial charge in [0.1, 0.15) is 0 Å². The van der Waals surface area contributed by atoms with E-state index >= 15 is 0 Å². The SMILES string of the molecule is Fc1cc2c(c(F)c1F)NCC2C1CCc2c(cccc2C2CNC(C(F)(F)F)S2)N1. The fraction of sp³-hybridized carbons (Fsp3) is 0.429.